The molecule has 24 heavy (non-hydrogen) atoms. The summed E-state index contributed by atoms with van der Waals surface area (Å²) in [5.74, 6) is 0.0828. The van der Waals surface area contributed by atoms with Gasteiger partial charge in [0.2, 0.25) is 0 Å². The zero-order chi connectivity index (χ0) is 17.5. The quantitative estimate of drug-likeness (QED) is 0.829. The molecule has 0 aliphatic rings. The predicted molar refractivity (Wildman–Crippen MR) is 90.9 cm³/mol. The van der Waals surface area contributed by atoms with Gasteiger partial charge in [-0.3, -0.25) is 4.79 Å². The number of carbonyl (C=O) groups excluding carboxylic acids is 2. The predicted octanol–water partition coefficient (Wildman–Crippen LogP) is 2.87. The molecule has 0 spiro atoms. The Balaban J connectivity index is 1.87. The highest BCUT2D eigenvalue weighted by atomic mass is 16.5. The topological polar surface area (TPSA) is 64.6 Å². The minimum Gasteiger partial charge on any atom is -0.481 e. The van der Waals surface area contributed by atoms with Crippen LogP contribution in [0.25, 0.3) is 0 Å². The third-order valence-corrected chi connectivity index (χ3v) is 3.51. The van der Waals surface area contributed by atoms with Gasteiger partial charge in [0.25, 0.3) is 5.91 Å². The molecule has 2 aromatic carbocycles. The van der Waals surface area contributed by atoms with Gasteiger partial charge in [0.15, 0.2) is 6.10 Å². The summed E-state index contributed by atoms with van der Waals surface area (Å²) >= 11 is 0. The fourth-order valence-corrected chi connectivity index (χ4v) is 2.16. The van der Waals surface area contributed by atoms with Gasteiger partial charge in [0.05, 0.1) is 12.7 Å². The molecule has 1 amide bonds. The first kappa shape index (κ1) is 17.5. The number of methoxy groups -OCH3 is 1. The lowest BCUT2D eigenvalue weighted by atomic mass is 10.1. The van der Waals surface area contributed by atoms with E-state index in [0.29, 0.717) is 17.9 Å². The summed E-state index contributed by atoms with van der Waals surface area (Å²) in [6, 6.07) is 14.4. The SMILES string of the molecule is COC(=O)c1ccc(CNC(=O)C(C)Oc2cccc(C)c2)cc1. The highest BCUT2D eigenvalue weighted by molar-refractivity contribution is 5.89. The van der Waals surface area contributed by atoms with E-state index >= 15 is 0 Å². The molecule has 0 saturated carbocycles. The number of hydrogen-bond acceptors (Lipinski definition) is 4. The van der Waals surface area contributed by atoms with Gasteiger partial charge in [0, 0.05) is 6.54 Å². The normalized spacial score (nSPS) is 11.5. The van der Waals surface area contributed by atoms with Gasteiger partial charge in [-0.2, -0.15) is 0 Å². The van der Waals surface area contributed by atoms with Gasteiger partial charge in [-0.25, -0.2) is 4.79 Å². The van der Waals surface area contributed by atoms with Crippen LogP contribution in [-0.2, 0) is 16.1 Å². The zero-order valence-electron chi connectivity index (χ0n) is 14.0. The van der Waals surface area contributed by atoms with Crippen LogP contribution in [0.1, 0.15) is 28.4 Å². The number of amides is 1. The van der Waals surface area contributed by atoms with E-state index in [1.54, 1.807) is 31.2 Å². The molecular formula is C19H21NO4. The van der Waals surface area contributed by atoms with Crippen molar-refractivity contribution in [2.45, 2.75) is 26.5 Å². The van der Waals surface area contributed by atoms with Gasteiger partial charge in [-0.15, -0.1) is 0 Å². The molecule has 0 heterocycles. The lowest BCUT2D eigenvalue weighted by Gasteiger charge is -2.15. The average Bonchev–Trinajstić information content (AvgIpc) is 2.59. The molecule has 1 unspecified atom stereocenters. The van der Waals surface area contributed by atoms with Crippen molar-refractivity contribution >= 4 is 11.9 Å². The maximum Gasteiger partial charge on any atom is 0.337 e. The summed E-state index contributed by atoms with van der Waals surface area (Å²) < 4.78 is 10.3. The second kappa shape index (κ2) is 8.15. The van der Waals surface area contributed by atoms with Gasteiger partial charge in [-0.1, -0.05) is 24.3 Å². The van der Waals surface area contributed by atoms with Gasteiger partial charge < -0.3 is 14.8 Å². The minimum atomic E-state index is -0.596. The summed E-state index contributed by atoms with van der Waals surface area (Å²) in [4.78, 5) is 23.5. The van der Waals surface area contributed by atoms with Crippen molar-refractivity contribution in [3.63, 3.8) is 0 Å². The molecule has 5 nitrogen and oxygen atoms in total. The Labute approximate surface area is 141 Å². The smallest absolute Gasteiger partial charge is 0.337 e. The number of rotatable bonds is 6. The van der Waals surface area contributed by atoms with Crippen LogP contribution in [0.2, 0.25) is 0 Å². The first-order valence-electron chi connectivity index (χ1n) is 7.68. The molecule has 5 heteroatoms. The van der Waals surface area contributed by atoms with Gasteiger partial charge >= 0.3 is 5.97 Å². The second-order valence-corrected chi connectivity index (χ2v) is 5.48. The number of nitrogens with one attached hydrogen (secondary N) is 1. The maximum absolute atomic E-state index is 12.1. The zero-order valence-corrected chi connectivity index (χ0v) is 14.0. The fourth-order valence-electron chi connectivity index (χ4n) is 2.16. The Kier molecular flexibility index (Phi) is 5.95. The number of benzene rings is 2. The number of aryl methyl sites for hydroxylation is 1. The second-order valence-electron chi connectivity index (χ2n) is 5.48. The van der Waals surface area contributed by atoms with Crippen LogP contribution in [0.15, 0.2) is 48.5 Å². The van der Waals surface area contributed by atoms with E-state index in [2.05, 4.69) is 10.1 Å². The van der Waals surface area contributed by atoms with Crippen molar-refractivity contribution in [1.82, 2.24) is 5.32 Å². The van der Waals surface area contributed by atoms with Crippen molar-refractivity contribution in [1.29, 1.82) is 0 Å². The first-order valence-corrected chi connectivity index (χ1v) is 7.68. The third-order valence-electron chi connectivity index (χ3n) is 3.51. The van der Waals surface area contributed by atoms with Crippen molar-refractivity contribution < 1.29 is 19.1 Å². The van der Waals surface area contributed by atoms with E-state index in [4.69, 9.17) is 4.74 Å². The van der Waals surface area contributed by atoms with E-state index in [1.165, 1.54) is 7.11 Å². The van der Waals surface area contributed by atoms with E-state index in [-0.39, 0.29) is 11.9 Å². The van der Waals surface area contributed by atoms with Crippen LogP contribution in [-0.4, -0.2) is 25.1 Å². The molecule has 0 saturated heterocycles. The summed E-state index contributed by atoms with van der Waals surface area (Å²) in [6.07, 6.45) is -0.596. The highest BCUT2D eigenvalue weighted by Crippen LogP contribution is 2.14. The summed E-state index contributed by atoms with van der Waals surface area (Å²) in [7, 11) is 1.34. The Morgan fingerprint density at radius 3 is 2.46 bits per heavy atom. The number of carbonyl (C=O) groups is 2. The standard InChI is InChI=1S/C19H21NO4/c1-13-5-4-6-17(11-13)24-14(2)18(21)20-12-15-7-9-16(10-8-15)19(22)23-3/h4-11,14H,12H2,1-3H3,(H,20,21). The largest absolute Gasteiger partial charge is 0.481 e. The Morgan fingerprint density at radius 1 is 1.12 bits per heavy atom. The van der Waals surface area contributed by atoms with E-state index in [1.807, 2.05) is 31.2 Å². The van der Waals surface area contributed by atoms with Crippen LogP contribution >= 0.6 is 0 Å². The highest BCUT2D eigenvalue weighted by Gasteiger charge is 2.14. The molecular weight excluding hydrogens is 306 g/mol. The van der Waals surface area contributed by atoms with Gasteiger partial charge in [0.1, 0.15) is 5.75 Å². The Morgan fingerprint density at radius 2 is 1.83 bits per heavy atom. The van der Waals surface area contributed by atoms with Crippen molar-refractivity contribution in [3.8, 4) is 5.75 Å². The Bertz CT molecular complexity index is 710. The number of ether oxygens (including phenoxy) is 2. The number of esters is 1. The molecule has 2 rings (SSSR count). The summed E-state index contributed by atoms with van der Waals surface area (Å²) in [6.45, 7) is 4.04. The summed E-state index contributed by atoms with van der Waals surface area (Å²) in [5, 5.41) is 2.82. The van der Waals surface area contributed by atoms with Crippen molar-refractivity contribution in [2.24, 2.45) is 0 Å². The molecule has 0 aromatic heterocycles. The lowest BCUT2D eigenvalue weighted by molar-refractivity contribution is -0.127. The van der Waals surface area contributed by atoms with Crippen LogP contribution in [0.4, 0.5) is 0 Å². The molecule has 0 fully saturated rings. The lowest BCUT2D eigenvalue weighted by Crippen LogP contribution is -2.35. The monoisotopic (exact) mass is 327 g/mol. The van der Waals surface area contributed by atoms with Crippen molar-refractivity contribution in [2.75, 3.05) is 7.11 Å². The molecule has 1 N–H and O–H groups in total. The van der Waals surface area contributed by atoms with E-state index in [9.17, 15) is 9.59 Å². The molecule has 2 aromatic rings. The molecule has 0 aliphatic heterocycles. The van der Waals surface area contributed by atoms with Crippen LogP contribution in [0, 0.1) is 6.92 Å². The molecule has 0 radical (unpaired) electrons. The maximum atomic E-state index is 12.1. The average molecular weight is 327 g/mol. The minimum absolute atomic E-state index is 0.200. The fraction of sp³-hybridized carbons (Fsp3) is 0.263. The molecule has 126 valence electrons. The van der Waals surface area contributed by atoms with Crippen molar-refractivity contribution in [3.05, 3.63) is 65.2 Å². The molecule has 0 aliphatic carbocycles. The third kappa shape index (κ3) is 4.84. The number of hydrogen-bond donors (Lipinski definition) is 1. The van der Waals surface area contributed by atoms with Gasteiger partial charge in [-0.05, 0) is 49.2 Å². The van der Waals surface area contributed by atoms with Crippen LogP contribution in [0.3, 0.4) is 0 Å². The van der Waals surface area contributed by atoms with E-state index < -0.39 is 6.10 Å². The first-order chi connectivity index (χ1) is 11.5. The molecule has 0 bridgehead atoms. The van der Waals surface area contributed by atoms with Crippen LogP contribution in [0.5, 0.6) is 5.75 Å². The molecule has 1 atom stereocenters. The van der Waals surface area contributed by atoms with Crippen LogP contribution < -0.4 is 10.1 Å². The van der Waals surface area contributed by atoms with E-state index in [0.717, 1.165) is 11.1 Å². The summed E-state index contributed by atoms with van der Waals surface area (Å²) in [5.41, 5.74) is 2.44. The Hall–Kier alpha value is -2.82.